The number of carbonyl (C=O) groups excluding carboxylic acids is 1. The zero-order valence-electron chi connectivity index (χ0n) is 16.6. The van der Waals surface area contributed by atoms with Crippen LogP contribution in [0, 0.1) is 0 Å². The topological polar surface area (TPSA) is 66.3 Å². The normalized spacial score (nSPS) is 14.2. The zero-order chi connectivity index (χ0) is 20.1. The summed E-state index contributed by atoms with van der Waals surface area (Å²) in [5.74, 6) is 0.855. The molecule has 4 rings (SSSR count). The number of urea groups is 1. The van der Waals surface area contributed by atoms with Crippen molar-refractivity contribution in [2.45, 2.75) is 26.3 Å². The van der Waals surface area contributed by atoms with E-state index >= 15 is 0 Å². The number of amides is 2. The van der Waals surface area contributed by atoms with Gasteiger partial charge >= 0.3 is 6.03 Å². The molecule has 2 aromatic heterocycles. The molecule has 0 atom stereocenters. The van der Waals surface area contributed by atoms with Gasteiger partial charge in [-0.15, -0.1) is 0 Å². The summed E-state index contributed by atoms with van der Waals surface area (Å²) in [7, 11) is 0. The zero-order valence-corrected chi connectivity index (χ0v) is 17.4. The van der Waals surface area contributed by atoms with Crippen molar-refractivity contribution in [3.63, 3.8) is 0 Å². The fourth-order valence-electron chi connectivity index (χ4n) is 3.44. The van der Waals surface area contributed by atoms with E-state index in [2.05, 4.69) is 38.2 Å². The number of carbonyl (C=O) groups is 1. The number of nitrogens with one attached hydrogen (secondary N) is 1. The number of nitrogens with zero attached hydrogens (tertiary/aromatic N) is 5. The van der Waals surface area contributed by atoms with E-state index in [1.165, 1.54) is 17.1 Å². The van der Waals surface area contributed by atoms with E-state index in [9.17, 15) is 4.79 Å². The fraction of sp³-hybridized carbons (Fsp3) is 0.381. The van der Waals surface area contributed by atoms with Crippen LogP contribution >= 0.6 is 11.5 Å². The smallest absolute Gasteiger partial charge is 0.322 e. The summed E-state index contributed by atoms with van der Waals surface area (Å²) in [6.07, 6.45) is 5.80. The van der Waals surface area contributed by atoms with Crippen molar-refractivity contribution in [1.29, 1.82) is 0 Å². The maximum atomic E-state index is 12.5. The van der Waals surface area contributed by atoms with Crippen molar-refractivity contribution in [2.75, 3.05) is 36.4 Å². The number of benzene rings is 1. The maximum Gasteiger partial charge on any atom is 0.322 e. The third-order valence-electron chi connectivity index (χ3n) is 4.98. The summed E-state index contributed by atoms with van der Waals surface area (Å²) in [4.78, 5) is 21.3. The van der Waals surface area contributed by atoms with Crippen molar-refractivity contribution in [3.05, 3.63) is 60.2 Å². The molecule has 0 radical (unpaired) electrons. The molecule has 0 bridgehead atoms. The number of hydrogen-bond acceptors (Lipinski definition) is 5. The number of aromatic nitrogens is 3. The lowest BCUT2D eigenvalue weighted by atomic mass is 10.1. The summed E-state index contributed by atoms with van der Waals surface area (Å²) in [5.41, 5.74) is 2.06. The van der Waals surface area contributed by atoms with Gasteiger partial charge in [-0.2, -0.15) is 4.37 Å². The number of anilines is 2. The maximum absolute atomic E-state index is 12.5. The predicted octanol–water partition coefficient (Wildman–Crippen LogP) is 3.69. The Bertz CT molecular complexity index is 930. The average molecular weight is 411 g/mol. The Balaban J connectivity index is 1.28. The van der Waals surface area contributed by atoms with Gasteiger partial charge in [-0.1, -0.05) is 37.3 Å². The van der Waals surface area contributed by atoms with Gasteiger partial charge in [0, 0.05) is 63.1 Å². The summed E-state index contributed by atoms with van der Waals surface area (Å²) in [5, 5.41) is 3.94. The van der Waals surface area contributed by atoms with E-state index in [0.717, 1.165) is 49.1 Å². The Morgan fingerprint density at radius 3 is 2.69 bits per heavy atom. The average Bonchev–Trinajstić information content (AvgIpc) is 3.39. The lowest BCUT2D eigenvalue weighted by Gasteiger charge is -2.34. The lowest BCUT2D eigenvalue weighted by molar-refractivity contribution is 0.208. The van der Waals surface area contributed by atoms with E-state index in [0.29, 0.717) is 13.1 Å². The van der Waals surface area contributed by atoms with Gasteiger partial charge in [0.15, 0.2) is 0 Å². The first-order chi connectivity index (χ1) is 14.2. The van der Waals surface area contributed by atoms with E-state index in [4.69, 9.17) is 4.98 Å². The van der Waals surface area contributed by atoms with E-state index in [1.807, 2.05) is 41.6 Å². The molecule has 1 aromatic carbocycles. The Morgan fingerprint density at radius 2 is 1.93 bits per heavy atom. The van der Waals surface area contributed by atoms with E-state index < -0.39 is 0 Å². The van der Waals surface area contributed by atoms with Gasteiger partial charge in [0.05, 0.1) is 5.69 Å². The first-order valence-electron chi connectivity index (χ1n) is 10.0. The van der Waals surface area contributed by atoms with Crippen LogP contribution in [0.1, 0.15) is 24.7 Å². The van der Waals surface area contributed by atoms with Crippen molar-refractivity contribution in [3.8, 4) is 0 Å². The molecule has 1 aliphatic rings. The summed E-state index contributed by atoms with van der Waals surface area (Å²) in [6, 6.07) is 12.2. The molecule has 3 heterocycles. The molecule has 1 N–H and O–H groups in total. The second-order valence-corrected chi connectivity index (χ2v) is 7.93. The quantitative estimate of drug-likeness (QED) is 0.673. The van der Waals surface area contributed by atoms with Gasteiger partial charge in [0.1, 0.15) is 5.82 Å². The van der Waals surface area contributed by atoms with Crippen LogP contribution in [0.2, 0.25) is 0 Å². The van der Waals surface area contributed by atoms with Crippen LogP contribution in [0.3, 0.4) is 0 Å². The molecule has 3 aromatic rings. The molecule has 2 amide bonds. The molecule has 29 heavy (non-hydrogen) atoms. The molecule has 8 heteroatoms. The molecular weight excluding hydrogens is 384 g/mol. The molecule has 1 saturated heterocycles. The van der Waals surface area contributed by atoms with Crippen LogP contribution in [0.25, 0.3) is 0 Å². The minimum atomic E-state index is -0.0408. The van der Waals surface area contributed by atoms with Crippen LogP contribution in [-0.2, 0) is 13.0 Å². The van der Waals surface area contributed by atoms with Gasteiger partial charge < -0.3 is 19.7 Å². The highest BCUT2D eigenvalue weighted by molar-refractivity contribution is 7.09. The monoisotopic (exact) mass is 410 g/mol. The first-order valence-corrected chi connectivity index (χ1v) is 10.8. The largest absolute Gasteiger partial charge is 0.352 e. The molecule has 0 spiro atoms. The van der Waals surface area contributed by atoms with Gasteiger partial charge in [0.2, 0.25) is 5.13 Å². The SMILES string of the molecule is CCCn1ccc(NC(=O)N2CCN(c3nc(Cc4ccccc4)ns3)CC2)c1. The number of rotatable bonds is 6. The molecule has 1 fully saturated rings. The Labute approximate surface area is 175 Å². The number of hydrogen-bond donors (Lipinski definition) is 1. The molecular formula is C21H26N6OS. The van der Waals surface area contributed by atoms with Gasteiger partial charge in [0.25, 0.3) is 0 Å². The molecule has 0 aliphatic carbocycles. The molecule has 7 nitrogen and oxygen atoms in total. The van der Waals surface area contributed by atoms with Crippen molar-refractivity contribution < 1.29 is 4.79 Å². The van der Waals surface area contributed by atoms with Gasteiger partial charge in [-0.05, 0) is 18.1 Å². The Kier molecular flexibility index (Phi) is 6.09. The molecule has 0 unspecified atom stereocenters. The Morgan fingerprint density at radius 1 is 1.14 bits per heavy atom. The van der Waals surface area contributed by atoms with Crippen LogP contribution < -0.4 is 10.2 Å². The van der Waals surface area contributed by atoms with Gasteiger partial charge in [-0.3, -0.25) is 0 Å². The van der Waals surface area contributed by atoms with E-state index in [-0.39, 0.29) is 6.03 Å². The first kappa shape index (κ1) is 19.4. The van der Waals surface area contributed by atoms with Crippen molar-refractivity contribution in [2.24, 2.45) is 0 Å². The highest BCUT2D eigenvalue weighted by atomic mass is 32.1. The van der Waals surface area contributed by atoms with Crippen molar-refractivity contribution in [1.82, 2.24) is 18.8 Å². The third kappa shape index (κ3) is 4.95. The fourth-order valence-corrected chi connectivity index (χ4v) is 4.18. The highest BCUT2D eigenvalue weighted by Crippen LogP contribution is 2.21. The molecule has 0 saturated carbocycles. The molecule has 152 valence electrons. The third-order valence-corrected chi connectivity index (χ3v) is 5.80. The summed E-state index contributed by atoms with van der Waals surface area (Å²) in [6.45, 7) is 5.99. The van der Waals surface area contributed by atoms with Crippen LogP contribution in [-0.4, -0.2) is 51.0 Å². The second kappa shape index (κ2) is 9.09. The number of piperazine rings is 1. The van der Waals surface area contributed by atoms with Crippen LogP contribution in [0.4, 0.5) is 15.6 Å². The number of aryl methyl sites for hydroxylation is 1. The predicted molar refractivity (Wildman–Crippen MR) is 117 cm³/mol. The van der Waals surface area contributed by atoms with Crippen molar-refractivity contribution >= 4 is 28.4 Å². The minimum Gasteiger partial charge on any atom is -0.352 e. The van der Waals surface area contributed by atoms with Crippen LogP contribution in [0.5, 0.6) is 0 Å². The highest BCUT2D eigenvalue weighted by Gasteiger charge is 2.23. The van der Waals surface area contributed by atoms with Gasteiger partial charge in [-0.25, -0.2) is 9.78 Å². The van der Waals surface area contributed by atoms with Crippen LogP contribution in [0.15, 0.2) is 48.8 Å². The minimum absolute atomic E-state index is 0.0408. The molecule has 1 aliphatic heterocycles. The summed E-state index contributed by atoms with van der Waals surface area (Å²) < 4.78 is 6.60. The summed E-state index contributed by atoms with van der Waals surface area (Å²) >= 11 is 1.44. The second-order valence-electron chi connectivity index (χ2n) is 7.20. The standard InChI is InChI=1S/C21H26N6OS/c1-2-9-25-10-8-18(16-25)22-20(28)26-11-13-27(14-12-26)21-23-19(24-29-21)15-17-6-4-3-5-7-17/h3-8,10,16H,2,9,11-15H2,1H3,(H,22,28). The lowest BCUT2D eigenvalue weighted by Crippen LogP contribution is -2.50. The Hall–Kier alpha value is -2.87. The van der Waals surface area contributed by atoms with E-state index in [1.54, 1.807) is 0 Å².